The van der Waals surface area contributed by atoms with Crippen molar-refractivity contribution in [3.63, 3.8) is 0 Å². The van der Waals surface area contributed by atoms with Crippen LogP contribution in [-0.4, -0.2) is 12.5 Å². The Hall–Kier alpha value is -2.26. The molecular formula is C23H24ClNO2. The summed E-state index contributed by atoms with van der Waals surface area (Å²) in [6, 6.07) is 13.6. The summed E-state index contributed by atoms with van der Waals surface area (Å²) in [6.45, 7) is 2.77. The lowest BCUT2D eigenvalue weighted by atomic mass is 9.89. The molecule has 0 unspecified atom stereocenters. The zero-order valence-electron chi connectivity index (χ0n) is 15.6. The van der Waals surface area contributed by atoms with E-state index in [4.69, 9.17) is 16.0 Å². The van der Waals surface area contributed by atoms with Crippen LogP contribution in [0.25, 0.3) is 22.1 Å². The van der Waals surface area contributed by atoms with Gasteiger partial charge in [0.25, 0.3) is 5.91 Å². The molecule has 0 saturated heterocycles. The molecule has 3 aromatic rings. The van der Waals surface area contributed by atoms with Gasteiger partial charge in [-0.05, 0) is 56.0 Å². The smallest absolute Gasteiger partial charge is 0.287 e. The minimum Gasteiger partial charge on any atom is -0.450 e. The zero-order valence-corrected chi connectivity index (χ0v) is 16.3. The number of rotatable bonds is 4. The van der Waals surface area contributed by atoms with E-state index in [1.807, 2.05) is 43.3 Å². The van der Waals surface area contributed by atoms with Crippen LogP contribution in [0.4, 0.5) is 0 Å². The number of carbonyl (C=O) groups excluding carboxylic acids is 1. The van der Waals surface area contributed by atoms with Gasteiger partial charge in [-0.1, -0.05) is 48.6 Å². The second kappa shape index (κ2) is 7.77. The van der Waals surface area contributed by atoms with Crippen molar-refractivity contribution in [3.05, 3.63) is 58.8 Å². The first-order valence-electron chi connectivity index (χ1n) is 9.69. The molecule has 1 fully saturated rings. The molecule has 4 heteroatoms. The van der Waals surface area contributed by atoms with E-state index in [1.54, 1.807) is 0 Å². The number of benzene rings is 2. The van der Waals surface area contributed by atoms with E-state index in [9.17, 15) is 4.79 Å². The summed E-state index contributed by atoms with van der Waals surface area (Å²) in [4.78, 5) is 12.9. The topological polar surface area (TPSA) is 42.2 Å². The highest BCUT2D eigenvalue weighted by atomic mass is 35.5. The number of carbonyl (C=O) groups is 1. The third-order valence-electron chi connectivity index (χ3n) is 5.46. The number of halogens is 1. The molecule has 1 aromatic heterocycles. The van der Waals surface area contributed by atoms with Crippen molar-refractivity contribution in [2.45, 2.75) is 39.0 Å². The molecule has 1 saturated carbocycles. The van der Waals surface area contributed by atoms with Crippen molar-refractivity contribution >= 4 is 28.3 Å². The van der Waals surface area contributed by atoms with E-state index in [1.165, 1.54) is 32.1 Å². The predicted molar refractivity (Wildman–Crippen MR) is 110 cm³/mol. The molecule has 1 heterocycles. The number of hydrogen-bond acceptors (Lipinski definition) is 2. The highest BCUT2D eigenvalue weighted by Gasteiger charge is 2.22. The molecule has 0 aliphatic heterocycles. The second-order valence-electron chi connectivity index (χ2n) is 7.53. The van der Waals surface area contributed by atoms with E-state index in [-0.39, 0.29) is 5.91 Å². The summed E-state index contributed by atoms with van der Waals surface area (Å²) in [7, 11) is 0. The van der Waals surface area contributed by atoms with Gasteiger partial charge in [0.2, 0.25) is 0 Å². The van der Waals surface area contributed by atoms with Crippen LogP contribution in [0.3, 0.4) is 0 Å². The first kappa shape index (κ1) is 18.1. The van der Waals surface area contributed by atoms with Crippen molar-refractivity contribution < 1.29 is 9.21 Å². The van der Waals surface area contributed by atoms with E-state index < -0.39 is 0 Å². The molecule has 1 N–H and O–H groups in total. The monoisotopic (exact) mass is 381 g/mol. The van der Waals surface area contributed by atoms with Gasteiger partial charge in [0.15, 0.2) is 5.76 Å². The molecule has 3 nitrogen and oxygen atoms in total. The van der Waals surface area contributed by atoms with Crippen molar-refractivity contribution in [1.29, 1.82) is 0 Å². The number of nitrogens with one attached hydrogen (secondary N) is 1. The molecule has 0 radical (unpaired) electrons. The zero-order chi connectivity index (χ0) is 18.8. The average Bonchev–Trinajstić information content (AvgIpc) is 3.06. The molecule has 0 bridgehead atoms. The van der Waals surface area contributed by atoms with Crippen LogP contribution in [0.5, 0.6) is 0 Å². The van der Waals surface area contributed by atoms with E-state index >= 15 is 0 Å². The first-order chi connectivity index (χ1) is 13.1. The fourth-order valence-corrected chi connectivity index (χ4v) is 4.07. The fourth-order valence-electron chi connectivity index (χ4n) is 3.95. The SMILES string of the molecule is Cc1ccc2c(C(=O)NCC3CCCCC3)oc(-c3ccc(Cl)cc3)c2c1. The first-order valence-corrected chi connectivity index (χ1v) is 10.1. The summed E-state index contributed by atoms with van der Waals surface area (Å²) in [5, 5.41) is 5.58. The van der Waals surface area contributed by atoms with Gasteiger partial charge in [-0.25, -0.2) is 0 Å². The summed E-state index contributed by atoms with van der Waals surface area (Å²) < 4.78 is 6.09. The van der Waals surface area contributed by atoms with Crippen molar-refractivity contribution in [2.24, 2.45) is 5.92 Å². The largest absolute Gasteiger partial charge is 0.450 e. The Bertz CT molecular complexity index is 952. The highest BCUT2D eigenvalue weighted by molar-refractivity contribution is 6.30. The molecule has 0 spiro atoms. The summed E-state index contributed by atoms with van der Waals surface area (Å²) in [5.74, 6) is 1.57. The Labute approximate surface area is 164 Å². The number of furan rings is 1. The standard InChI is InChI=1S/C23H24ClNO2/c1-15-7-12-19-20(13-15)21(17-8-10-18(24)11-9-17)27-22(19)23(26)25-14-16-5-3-2-4-6-16/h7-13,16H,2-6,14H2,1H3,(H,25,26). The van der Waals surface area contributed by atoms with Gasteiger partial charge in [0.1, 0.15) is 5.76 Å². The number of aryl methyl sites for hydroxylation is 1. The summed E-state index contributed by atoms with van der Waals surface area (Å²) >= 11 is 6.02. The number of fused-ring (bicyclic) bond motifs is 1. The quantitative estimate of drug-likeness (QED) is 0.570. The lowest BCUT2D eigenvalue weighted by molar-refractivity contribution is 0.0919. The van der Waals surface area contributed by atoms with E-state index in [0.717, 1.165) is 28.4 Å². The highest BCUT2D eigenvalue weighted by Crippen LogP contribution is 2.35. The van der Waals surface area contributed by atoms with Gasteiger partial charge in [0.05, 0.1) is 0 Å². The van der Waals surface area contributed by atoms with Crippen LogP contribution in [-0.2, 0) is 0 Å². The Morgan fingerprint density at radius 1 is 1.07 bits per heavy atom. The Balaban J connectivity index is 1.66. The average molecular weight is 382 g/mol. The van der Waals surface area contributed by atoms with Crippen LogP contribution >= 0.6 is 11.6 Å². The Morgan fingerprint density at radius 3 is 2.56 bits per heavy atom. The number of hydrogen-bond donors (Lipinski definition) is 1. The van der Waals surface area contributed by atoms with Crippen molar-refractivity contribution in [3.8, 4) is 11.3 Å². The van der Waals surface area contributed by atoms with Gasteiger partial charge in [-0.3, -0.25) is 4.79 Å². The van der Waals surface area contributed by atoms with Crippen LogP contribution in [0.1, 0.15) is 48.2 Å². The maximum atomic E-state index is 12.9. The minimum absolute atomic E-state index is 0.130. The van der Waals surface area contributed by atoms with Crippen LogP contribution in [0.15, 0.2) is 46.9 Å². The normalized spacial score (nSPS) is 15.2. The molecule has 2 aromatic carbocycles. The molecule has 1 aliphatic rings. The molecule has 27 heavy (non-hydrogen) atoms. The predicted octanol–water partition coefficient (Wildman–Crippen LogP) is 6.37. The lowest BCUT2D eigenvalue weighted by Gasteiger charge is -2.21. The molecule has 0 atom stereocenters. The third-order valence-corrected chi connectivity index (χ3v) is 5.71. The van der Waals surface area contributed by atoms with Crippen LogP contribution in [0, 0.1) is 12.8 Å². The second-order valence-corrected chi connectivity index (χ2v) is 7.97. The van der Waals surface area contributed by atoms with Gasteiger partial charge in [0, 0.05) is 27.9 Å². The van der Waals surface area contributed by atoms with E-state index in [0.29, 0.717) is 22.5 Å². The fraction of sp³-hybridized carbons (Fsp3) is 0.348. The van der Waals surface area contributed by atoms with Gasteiger partial charge in [-0.2, -0.15) is 0 Å². The number of amides is 1. The summed E-state index contributed by atoms with van der Waals surface area (Å²) in [5.41, 5.74) is 2.05. The van der Waals surface area contributed by atoms with Crippen molar-refractivity contribution in [1.82, 2.24) is 5.32 Å². The maximum Gasteiger partial charge on any atom is 0.287 e. The third kappa shape index (κ3) is 3.89. The van der Waals surface area contributed by atoms with Crippen molar-refractivity contribution in [2.75, 3.05) is 6.54 Å². The van der Waals surface area contributed by atoms with Gasteiger partial charge < -0.3 is 9.73 Å². The Kier molecular flexibility index (Phi) is 5.22. The molecule has 1 amide bonds. The molecule has 140 valence electrons. The van der Waals surface area contributed by atoms with E-state index in [2.05, 4.69) is 11.4 Å². The van der Waals surface area contributed by atoms with Crippen LogP contribution in [0.2, 0.25) is 5.02 Å². The Morgan fingerprint density at radius 2 is 1.81 bits per heavy atom. The maximum absolute atomic E-state index is 12.9. The van der Waals surface area contributed by atoms with Gasteiger partial charge in [-0.15, -0.1) is 0 Å². The molecule has 4 rings (SSSR count). The molecular weight excluding hydrogens is 358 g/mol. The lowest BCUT2D eigenvalue weighted by Crippen LogP contribution is -2.30. The molecule has 1 aliphatic carbocycles. The summed E-state index contributed by atoms with van der Waals surface area (Å²) in [6.07, 6.45) is 6.26. The van der Waals surface area contributed by atoms with Gasteiger partial charge >= 0.3 is 0 Å². The van der Waals surface area contributed by atoms with Crippen LogP contribution < -0.4 is 5.32 Å². The minimum atomic E-state index is -0.130.